The number of terminal acetylenes is 1. The van der Waals surface area contributed by atoms with Crippen LogP contribution in [0.5, 0.6) is 5.88 Å². The second-order valence-electron chi connectivity index (χ2n) is 3.70. The highest BCUT2D eigenvalue weighted by Crippen LogP contribution is 2.17. The molecule has 0 aliphatic heterocycles. The van der Waals surface area contributed by atoms with Crippen LogP contribution in [0.1, 0.15) is 25.1 Å². The molecule has 15 heavy (non-hydrogen) atoms. The molecule has 0 saturated carbocycles. The highest BCUT2D eigenvalue weighted by atomic mass is 16.5. The Morgan fingerprint density at radius 1 is 1.47 bits per heavy atom. The largest absolute Gasteiger partial charge is 0.458 e. The number of hydrogen-bond acceptors (Lipinski definition) is 3. The predicted molar refractivity (Wildman–Crippen MR) is 57.2 cm³/mol. The molecule has 0 bridgehead atoms. The molecule has 1 aromatic heterocycles. The van der Waals surface area contributed by atoms with Crippen LogP contribution in [0.2, 0.25) is 0 Å². The summed E-state index contributed by atoms with van der Waals surface area (Å²) in [5.74, 6) is 2.89. The summed E-state index contributed by atoms with van der Waals surface area (Å²) < 4.78 is 5.48. The smallest absolute Gasteiger partial charge is 0.216 e. The summed E-state index contributed by atoms with van der Waals surface area (Å²) in [4.78, 5) is 4.15. The van der Waals surface area contributed by atoms with Gasteiger partial charge in [0.25, 0.3) is 0 Å². The Morgan fingerprint density at radius 2 is 2.13 bits per heavy atom. The van der Waals surface area contributed by atoms with Crippen LogP contribution in [0.25, 0.3) is 0 Å². The van der Waals surface area contributed by atoms with E-state index in [1.54, 1.807) is 32.9 Å². The van der Waals surface area contributed by atoms with E-state index in [0.717, 1.165) is 5.69 Å². The molecule has 0 atom stereocenters. The SMILES string of the molecule is C#CC(C)(C)Oc1cc(C#N)cc(C)n1. The van der Waals surface area contributed by atoms with E-state index < -0.39 is 5.60 Å². The van der Waals surface area contributed by atoms with Crippen LogP contribution in [0.4, 0.5) is 0 Å². The van der Waals surface area contributed by atoms with Crippen LogP contribution in [-0.4, -0.2) is 10.6 Å². The fourth-order valence-corrected chi connectivity index (χ4v) is 1.05. The molecule has 0 aliphatic rings. The van der Waals surface area contributed by atoms with E-state index in [4.69, 9.17) is 16.4 Å². The second kappa shape index (κ2) is 4.02. The van der Waals surface area contributed by atoms with Gasteiger partial charge in [0, 0.05) is 11.8 Å². The minimum Gasteiger partial charge on any atom is -0.458 e. The summed E-state index contributed by atoms with van der Waals surface area (Å²) in [7, 11) is 0. The molecule has 0 radical (unpaired) electrons. The molecule has 0 aliphatic carbocycles. The lowest BCUT2D eigenvalue weighted by atomic mass is 10.1. The average molecular weight is 200 g/mol. The number of nitriles is 1. The Labute approximate surface area is 89.7 Å². The zero-order chi connectivity index (χ0) is 11.5. The van der Waals surface area contributed by atoms with E-state index in [-0.39, 0.29) is 0 Å². The molecule has 76 valence electrons. The summed E-state index contributed by atoms with van der Waals surface area (Å²) in [6.07, 6.45) is 5.29. The number of rotatable bonds is 2. The first-order chi connectivity index (χ1) is 6.96. The van der Waals surface area contributed by atoms with Crippen LogP contribution < -0.4 is 4.74 Å². The maximum Gasteiger partial charge on any atom is 0.216 e. The van der Waals surface area contributed by atoms with Gasteiger partial charge in [-0.15, -0.1) is 6.42 Å². The van der Waals surface area contributed by atoms with Crippen LogP contribution in [0.3, 0.4) is 0 Å². The van der Waals surface area contributed by atoms with Gasteiger partial charge in [0.2, 0.25) is 5.88 Å². The fourth-order valence-electron chi connectivity index (χ4n) is 1.05. The molecule has 3 heteroatoms. The molecule has 0 fully saturated rings. The monoisotopic (exact) mass is 200 g/mol. The summed E-state index contributed by atoms with van der Waals surface area (Å²) in [6.45, 7) is 5.34. The van der Waals surface area contributed by atoms with Gasteiger partial charge in [-0.3, -0.25) is 0 Å². The molecule has 1 rings (SSSR count). The van der Waals surface area contributed by atoms with Crippen molar-refractivity contribution in [2.24, 2.45) is 0 Å². The highest BCUT2D eigenvalue weighted by molar-refractivity contribution is 5.34. The summed E-state index contributed by atoms with van der Waals surface area (Å²) in [5.41, 5.74) is 0.537. The summed E-state index contributed by atoms with van der Waals surface area (Å²) >= 11 is 0. The van der Waals surface area contributed by atoms with Crippen molar-refractivity contribution < 1.29 is 4.74 Å². The Bertz CT molecular complexity index is 450. The Hall–Kier alpha value is -2.00. The van der Waals surface area contributed by atoms with Gasteiger partial charge in [-0.25, -0.2) is 4.98 Å². The summed E-state index contributed by atoms with van der Waals surface area (Å²) in [5, 5.41) is 8.77. The number of ether oxygens (including phenoxy) is 1. The van der Waals surface area contributed by atoms with Crippen LogP contribution in [-0.2, 0) is 0 Å². The van der Waals surface area contributed by atoms with Crippen LogP contribution >= 0.6 is 0 Å². The first-order valence-electron chi connectivity index (χ1n) is 4.52. The van der Waals surface area contributed by atoms with E-state index in [1.807, 2.05) is 6.07 Å². The van der Waals surface area contributed by atoms with Gasteiger partial charge in [-0.2, -0.15) is 5.26 Å². The normalized spacial score (nSPS) is 10.2. The predicted octanol–water partition coefficient (Wildman–Crippen LogP) is 2.05. The first-order valence-corrected chi connectivity index (χ1v) is 4.52. The Kier molecular flexibility index (Phi) is 2.97. The van der Waals surface area contributed by atoms with Gasteiger partial charge in [0.05, 0.1) is 11.6 Å². The zero-order valence-corrected chi connectivity index (χ0v) is 9.03. The zero-order valence-electron chi connectivity index (χ0n) is 9.03. The van der Waals surface area contributed by atoms with Gasteiger partial charge in [-0.05, 0) is 26.8 Å². The van der Waals surface area contributed by atoms with Crippen LogP contribution in [0, 0.1) is 30.6 Å². The lowest BCUT2D eigenvalue weighted by Gasteiger charge is -2.19. The minimum atomic E-state index is -0.715. The molecule has 3 nitrogen and oxygen atoms in total. The molecule has 0 unspecified atom stereocenters. The molecular weight excluding hydrogens is 188 g/mol. The van der Waals surface area contributed by atoms with Gasteiger partial charge in [0.1, 0.15) is 0 Å². The number of pyridine rings is 1. The molecule has 0 spiro atoms. The van der Waals surface area contributed by atoms with Crippen molar-refractivity contribution in [1.29, 1.82) is 5.26 Å². The average Bonchev–Trinajstić information content (AvgIpc) is 2.16. The molecule has 0 N–H and O–H groups in total. The third-order valence-corrected chi connectivity index (χ3v) is 1.77. The van der Waals surface area contributed by atoms with Crippen molar-refractivity contribution in [2.45, 2.75) is 26.4 Å². The molecular formula is C12H12N2O. The Morgan fingerprint density at radius 3 is 2.67 bits per heavy atom. The van der Waals surface area contributed by atoms with Crippen molar-refractivity contribution in [3.8, 4) is 24.3 Å². The minimum absolute atomic E-state index is 0.384. The van der Waals surface area contributed by atoms with Gasteiger partial charge in [0.15, 0.2) is 5.60 Å². The molecule has 1 aromatic rings. The summed E-state index contributed by atoms with van der Waals surface area (Å²) in [6, 6.07) is 5.31. The number of nitrogens with zero attached hydrogens (tertiary/aromatic N) is 2. The number of hydrogen-bond donors (Lipinski definition) is 0. The highest BCUT2D eigenvalue weighted by Gasteiger charge is 2.16. The number of aryl methyl sites for hydroxylation is 1. The lowest BCUT2D eigenvalue weighted by Crippen LogP contribution is -2.26. The lowest BCUT2D eigenvalue weighted by molar-refractivity contribution is 0.164. The third-order valence-electron chi connectivity index (χ3n) is 1.77. The maximum atomic E-state index is 8.77. The molecule has 1 heterocycles. The fraction of sp³-hybridized carbons (Fsp3) is 0.333. The quantitative estimate of drug-likeness (QED) is 0.686. The standard InChI is InChI=1S/C12H12N2O/c1-5-12(3,4)15-11-7-10(8-13)6-9(2)14-11/h1,6-7H,2-4H3. The molecule has 0 amide bonds. The third kappa shape index (κ3) is 3.00. The number of aromatic nitrogens is 1. The molecule has 0 aromatic carbocycles. The van der Waals surface area contributed by atoms with Gasteiger partial charge < -0.3 is 4.74 Å². The van der Waals surface area contributed by atoms with Crippen molar-refractivity contribution in [3.63, 3.8) is 0 Å². The van der Waals surface area contributed by atoms with Crippen molar-refractivity contribution >= 4 is 0 Å². The van der Waals surface area contributed by atoms with Crippen molar-refractivity contribution in [2.75, 3.05) is 0 Å². The van der Waals surface area contributed by atoms with Gasteiger partial charge >= 0.3 is 0 Å². The Balaban J connectivity index is 3.03. The van der Waals surface area contributed by atoms with Crippen LogP contribution in [0.15, 0.2) is 12.1 Å². The van der Waals surface area contributed by atoms with E-state index >= 15 is 0 Å². The second-order valence-corrected chi connectivity index (χ2v) is 3.70. The van der Waals surface area contributed by atoms with Crippen molar-refractivity contribution in [1.82, 2.24) is 4.98 Å². The van der Waals surface area contributed by atoms with Gasteiger partial charge in [-0.1, -0.05) is 5.92 Å². The topological polar surface area (TPSA) is 45.9 Å². The van der Waals surface area contributed by atoms with Crippen molar-refractivity contribution in [3.05, 3.63) is 23.4 Å². The van der Waals surface area contributed by atoms with E-state index in [1.165, 1.54) is 0 Å². The van der Waals surface area contributed by atoms with E-state index in [0.29, 0.717) is 11.4 Å². The maximum absolute atomic E-state index is 8.77. The van der Waals surface area contributed by atoms with E-state index in [2.05, 4.69) is 10.9 Å². The first kappa shape index (κ1) is 11.1. The van der Waals surface area contributed by atoms with E-state index in [9.17, 15) is 0 Å². The molecule has 0 saturated heterocycles.